The summed E-state index contributed by atoms with van der Waals surface area (Å²) in [6, 6.07) is 9.75. The Morgan fingerprint density at radius 3 is 2.73 bits per heavy atom. The molecule has 0 aliphatic carbocycles. The van der Waals surface area contributed by atoms with Crippen molar-refractivity contribution in [1.82, 2.24) is 34.7 Å². The van der Waals surface area contributed by atoms with E-state index in [-0.39, 0.29) is 41.4 Å². The van der Waals surface area contributed by atoms with Crippen LogP contribution in [0.3, 0.4) is 0 Å². The predicted octanol–water partition coefficient (Wildman–Crippen LogP) is 1.37. The number of aromatic nitrogens is 4. The van der Waals surface area contributed by atoms with E-state index >= 15 is 0 Å². The van der Waals surface area contributed by atoms with E-state index in [9.17, 15) is 14.4 Å². The van der Waals surface area contributed by atoms with Gasteiger partial charge in [-0.05, 0) is 42.7 Å². The van der Waals surface area contributed by atoms with Crippen LogP contribution >= 0.6 is 0 Å². The van der Waals surface area contributed by atoms with Gasteiger partial charge in [-0.25, -0.2) is 4.68 Å². The summed E-state index contributed by atoms with van der Waals surface area (Å²) >= 11 is 0. The standard InChI is InChI=1S/C27H33N7O3/c1-18-6-7-20(11-19(18)2)13-32-14-21-12-25(35)28-8-10-31(3)26(36)23-5-4-9-33(27(23)37)15-22-16-34(30-29-22)24(21)17-32/h4-7,9,11,16,21,24H,8,10,12-15,17H2,1-3H3,(H,28,35)/t21-,24+/m0/s1. The first-order valence-electron chi connectivity index (χ1n) is 12.7. The lowest BCUT2D eigenvalue weighted by atomic mass is 9.99. The van der Waals surface area contributed by atoms with Crippen LogP contribution in [0, 0.1) is 19.8 Å². The zero-order valence-electron chi connectivity index (χ0n) is 21.6. The summed E-state index contributed by atoms with van der Waals surface area (Å²) in [5, 5.41) is 11.7. The molecule has 4 bridgehead atoms. The molecule has 37 heavy (non-hydrogen) atoms. The Morgan fingerprint density at radius 2 is 1.92 bits per heavy atom. The molecule has 0 radical (unpaired) electrons. The maximum absolute atomic E-state index is 13.0. The van der Waals surface area contributed by atoms with Gasteiger partial charge in [-0.3, -0.25) is 19.3 Å². The number of rotatable bonds is 2. The van der Waals surface area contributed by atoms with Gasteiger partial charge in [0.2, 0.25) is 5.91 Å². The third-order valence-electron chi connectivity index (χ3n) is 7.50. The maximum Gasteiger partial charge on any atom is 0.263 e. The van der Waals surface area contributed by atoms with Gasteiger partial charge in [0.15, 0.2) is 0 Å². The maximum atomic E-state index is 13.0. The summed E-state index contributed by atoms with van der Waals surface area (Å²) in [5.41, 5.74) is 4.13. The fourth-order valence-corrected chi connectivity index (χ4v) is 5.26. The molecule has 5 rings (SSSR count). The summed E-state index contributed by atoms with van der Waals surface area (Å²) in [6.07, 6.45) is 3.87. The van der Waals surface area contributed by atoms with E-state index in [2.05, 4.69) is 52.6 Å². The molecule has 194 valence electrons. The lowest BCUT2D eigenvalue weighted by molar-refractivity contribution is -0.122. The highest BCUT2D eigenvalue weighted by molar-refractivity contribution is 5.93. The number of aryl methyl sites for hydroxylation is 2. The highest BCUT2D eigenvalue weighted by Gasteiger charge is 2.36. The average molecular weight is 504 g/mol. The number of hydrogen-bond donors (Lipinski definition) is 1. The number of pyridine rings is 1. The highest BCUT2D eigenvalue weighted by atomic mass is 16.2. The van der Waals surface area contributed by atoms with Gasteiger partial charge in [-0.2, -0.15) is 0 Å². The molecule has 2 aliphatic heterocycles. The van der Waals surface area contributed by atoms with Crippen LogP contribution in [-0.2, 0) is 17.9 Å². The van der Waals surface area contributed by atoms with Gasteiger partial charge in [0.1, 0.15) is 11.3 Å². The summed E-state index contributed by atoms with van der Waals surface area (Å²) in [4.78, 5) is 42.6. The third-order valence-corrected chi connectivity index (χ3v) is 7.50. The van der Waals surface area contributed by atoms with Crippen molar-refractivity contribution in [2.24, 2.45) is 5.92 Å². The fourth-order valence-electron chi connectivity index (χ4n) is 5.26. The van der Waals surface area contributed by atoms with Crippen molar-refractivity contribution < 1.29 is 9.59 Å². The number of likely N-dealkylation sites (tertiary alicyclic amines) is 1. The Kier molecular flexibility index (Phi) is 6.92. The number of hydrogen-bond acceptors (Lipinski definition) is 6. The molecule has 0 spiro atoms. The number of likely N-dealkylation sites (N-methyl/N-ethyl adjacent to an activating group) is 1. The molecule has 2 amide bonds. The lowest BCUT2D eigenvalue weighted by Crippen LogP contribution is -2.39. The van der Waals surface area contributed by atoms with Crippen molar-refractivity contribution >= 4 is 11.8 Å². The smallest absolute Gasteiger partial charge is 0.263 e. The number of carbonyl (C=O) groups is 2. The minimum atomic E-state index is -0.373. The largest absolute Gasteiger partial charge is 0.354 e. The van der Waals surface area contributed by atoms with Gasteiger partial charge in [-0.15, -0.1) is 5.10 Å². The molecule has 3 aromatic rings. The first-order valence-corrected chi connectivity index (χ1v) is 12.7. The molecule has 4 heterocycles. The quantitative estimate of drug-likeness (QED) is 0.566. The normalized spacial score (nSPS) is 21.1. The summed E-state index contributed by atoms with van der Waals surface area (Å²) < 4.78 is 3.33. The monoisotopic (exact) mass is 503 g/mol. The number of nitrogens with one attached hydrogen (secondary N) is 1. The minimum Gasteiger partial charge on any atom is -0.354 e. The molecule has 2 aliphatic rings. The van der Waals surface area contributed by atoms with Crippen molar-refractivity contribution in [3.63, 3.8) is 0 Å². The Bertz CT molecular complexity index is 1380. The van der Waals surface area contributed by atoms with E-state index in [0.29, 0.717) is 25.2 Å². The SMILES string of the molecule is Cc1ccc(CN2C[C@@H]3CC(=O)NCCN(C)C(=O)c4cccn(c4=O)Cc4cn(nn4)[C@@H]3C2)cc1C. The van der Waals surface area contributed by atoms with Crippen LogP contribution in [0.1, 0.15) is 45.2 Å². The number of nitrogens with zero attached hydrogens (tertiary/aromatic N) is 6. The molecule has 1 saturated heterocycles. The minimum absolute atomic E-state index is 0.0150. The second-order valence-corrected chi connectivity index (χ2v) is 10.3. The van der Waals surface area contributed by atoms with Crippen LogP contribution in [0.5, 0.6) is 0 Å². The molecule has 2 aromatic heterocycles. The zero-order valence-corrected chi connectivity index (χ0v) is 21.6. The molecule has 1 fully saturated rings. The van der Waals surface area contributed by atoms with Crippen LogP contribution in [-0.4, -0.2) is 74.4 Å². The van der Waals surface area contributed by atoms with E-state index < -0.39 is 0 Å². The lowest BCUT2D eigenvalue weighted by Gasteiger charge is -2.20. The predicted molar refractivity (Wildman–Crippen MR) is 138 cm³/mol. The van der Waals surface area contributed by atoms with Crippen molar-refractivity contribution in [2.75, 3.05) is 33.2 Å². The van der Waals surface area contributed by atoms with Gasteiger partial charge in [0.05, 0.1) is 18.8 Å². The van der Waals surface area contributed by atoms with E-state index in [1.165, 1.54) is 32.2 Å². The average Bonchev–Trinajstić information content (AvgIpc) is 3.48. The molecule has 10 nitrogen and oxygen atoms in total. The Morgan fingerprint density at radius 1 is 1.08 bits per heavy atom. The van der Waals surface area contributed by atoms with Crippen LogP contribution < -0.4 is 10.9 Å². The van der Waals surface area contributed by atoms with E-state index in [0.717, 1.165) is 19.6 Å². The zero-order chi connectivity index (χ0) is 26.1. The molecule has 2 atom stereocenters. The van der Waals surface area contributed by atoms with Gasteiger partial charge in [0.25, 0.3) is 11.5 Å². The van der Waals surface area contributed by atoms with Crippen molar-refractivity contribution in [2.45, 2.75) is 39.4 Å². The van der Waals surface area contributed by atoms with Crippen molar-refractivity contribution in [3.8, 4) is 0 Å². The van der Waals surface area contributed by atoms with E-state index in [1.807, 2.05) is 10.9 Å². The number of benzene rings is 1. The highest BCUT2D eigenvalue weighted by Crippen LogP contribution is 2.31. The van der Waals surface area contributed by atoms with E-state index in [1.54, 1.807) is 19.3 Å². The molecule has 1 N–H and O–H groups in total. The van der Waals surface area contributed by atoms with Gasteiger partial charge < -0.3 is 14.8 Å². The van der Waals surface area contributed by atoms with E-state index in [4.69, 9.17) is 0 Å². The Hall–Kier alpha value is -3.79. The Labute approximate surface area is 215 Å². The van der Waals surface area contributed by atoms with Crippen LogP contribution in [0.15, 0.2) is 47.5 Å². The first kappa shape index (κ1) is 24.9. The van der Waals surface area contributed by atoms with Crippen LogP contribution in [0.4, 0.5) is 0 Å². The van der Waals surface area contributed by atoms with Gasteiger partial charge in [-0.1, -0.05) is 23.4 Å². The first-order chi connectivity index (χ1) is 17.8. The number of amides is 2. The van der Waals surface area contributed by atoms with Crippen molar-refractivity contribution in [1.29, 1.82) is 0 Å². The molecule has 10 heteroatoms. The summed E-state index contributed by atoms with van der Waals surface area (Å²) in [5.74, 6) is -0.375. The number of fused-ring (bicyclic) bond motifs is 6. The summed E-state index contributed by atoms with van der Waals surface area (Å²) in [6.45, 7) is 7.40. The fraction of sp³-hybridized carbons (Fsp3) is 0.444. The molecule has 0 saturated carbocycles. The second kappa shape index (κ2) is 10.3. The van der Waals surface area contributed by atoms with Gasteiger partial charge in [0, 0.05) is 58.3 Å². The molecule has 1 aromatic carbocycles. The topological polar surface area (TPSA) is 105 Å². The Balaban J connectivity index is 1.43. The second-order valence-electron chi connectivity index (χ2n) is 10.3. The summed E-state index contributed by atoms with van der Waals surface area (Å²) in [7, 11) is 1.64. The van der Waals surface area contributed by atoms with Crippen LogP contribution in [0.25, 0.3) is 0 Å². The molecular formula is C27H33N7O3. The third kappa shape index (κ3) is 5.34. The number of carbonyl (C=O) groups excluding carboxylic acids is 2. The van der Waals surface area contributed by atoms with Crippen molar-refractivity contribution in [3.05, 3.63) is 81.0 Å². The molecule has 0 unspecified atom stereocenters. The van der Waals surface area contributed by atoms with Gasteiger partial charge >= 0.3 is 0 Å². The van der Waals surface area contributed by atoms with Crippen LogP contribution in [0.2, 0.25) is 0 Å². The molecular weight excluding hydrogens is 470 g/mol.